The molecule has 26 heavy (non-hydrogen) atoms. The van der Waals surface area contributed by atoms with E-state index < -0.39 is 0 Å². The molecule has 1 aliphatic heterocycles. The second-order valence-electron chi connectivity index (χ2n) is 6.24. The SMILES string of the molecule is CCOc1ccccc1C(=O)N1CCC(n2cccc2C(=O)OC)CC1. The van der Waals surface area contributed by atoms with Gasteiger partial charge in [-0.1, -0.05) is 12.1 Å². The van der Waals surface area contributed by atoms with Gasteiger partial charge in [0.05, 0.1) is 19.3 Å². The number of methoxy groups -OCH3 is 1. The number of hydrogen-bond acceptors (Lipinski definition) is 4. The molecule has 0 N–H and O–H groups in total. The first kappa shape index (κ1) is 18.0. The van der Waals surface area contributed by atoms with Crippen LogP contribution in [-0.4, -0.2) is 48.1 Å². The predicted molar refractivity (Wildman–Crippen MR) is 97.6 cm³/mol. The van der Waals surface area contributed by atoms with Gasteiger partial charge in [0.2, 0.25) is 0 Å². The van der Waals surface area contributed by atoms with Gasteiger partial charge in [-0.3, -0.25) is 4.79 Å². The zero-order chi connectivity index (χ0) is 18.5. The minimum atomic E-state index is -0.334. The Kier molecular flexibility index (Phi) is 5.61. The second-order valence-corrected chi connectivity index (χ2v) is 6.24. The van der Waals surface area contributed by atoms with Gasteiger partial charge in [0.15, 0.2) is 0 Å². The molecule has 6 heteroatoms. The van der Waals surface area contributed by atoms with Crippen molar-refractivity contribution in [2.24, 2.45) is 0 Å². The van der Waals surface area contributed by atoms with Crippen molar-refractivity contribution in [3.05, 3.63) is 53.9 Å². The minimum Gasteiger partial charge on any atom is -0.493 e. The number of rotatable bonds is 5. The largest absolute Gasteiger partial charge is 0.493 e. The molecule has 1 aliphatic rings. The summed E-state index contributed by atoms with van der Waals surface area (Å²) in [5.41, 5.74) is 1.16. The molecular formula is C20H24N2O4. The van der Waals surface area contributed by atoms with E-state index in [2.05, 4.69) is 0 Å². The van der Waals surface area contributed by atoms with Crippen LogP contribution in [0.2, 0.25) is 0 Å². The van der Waals surface area contributed by atoms with Gasteiger partial charge in [-0.2, -0.15) is 0 Å². The second kappa shape index (κ2) is 8.08. The maximum atomic E-state index is 12.9. The van der Waals surface area contributed by atoms with Gasteiger partial charge in [-0.15, -0.1) is 0 Å². The lowest BCUT2D eigenvalue weighted by molar-refractivity contribution is 0.0573. The molecule has 0 spiro atoms. The molecule has 0 radical (unpaired) electrons. The van der Waals surface area contributed by atoms with Gasteiger partial charge in [-0.05, 0) is 44.0 Å². The fourth-order valence-corrected chi connectivity index (χ4v) is 3.43. The highest BCUT2D eigenvalue weighted by molar-refractivity contribution is 5.97. The molecule has 0 aliphatic carbocycles. The van der Waals surface area contributed by atoms with E-state index in [1.54, 1.807) is 12.1 Å². The van der Waals surface area contributed by atoms with Crippen molar-refractivity contribution in [1.82, 2.24) is 9.47 Å². The van der Waals surface area contributed by atoms with E-state index in [0.29, 0.717) is 36.7 Å². The van der Waals surface area contributed by atoms with Crippen LogP contribution >= 0.6 is 0 Å². The van der Waals surface area contributed by atoms with Crippen LogP contribution in [-0.2, 0) is 4.74 Å². The summed E-state index contributed by atoms with van der Waals surface area (Å²) < 4.78 is 12.4. The number of para-hydroxylation sites is 1. The molecule has 1 saturated heterocycles. The highest BCUT2D eigenvalue weighted by Gasteiger charge is 2.27. The highest BCUT2D eigenvalue weighted by Crippen LogP contribution is 2.27. The Morgan fingerprint density at radius 1 is 1.12 bits per heavy atom. The normalized spacial score (nSPS) is 14.9. The quantitative estimate of drug-likeness (QED) is 0.772. The van der Waals surface area contributed by atoms with E-state index in [1.165, 1.54) is 7.11 Å². The molecule has 6 nitrogen and oxygen atoms in total. The molecule has 138 valence electrons. The summed E-state index contributed by atoms with van der Waals surface area (Å²) in [6.45, 7) is 3.71. The number of esters is 1. The van der Waals surface area contributed by atoms with Gasteiger partial charge in [0.25, 0.3) is 5.91 Å². The van der Waals surface area contributed by atoms with Gasteiger partial charge in [-0.25, -0.2) is 4.79 Å². The Morgan fingerprint density at radius 2 is 1.85 bits per heavy atom. The van der Waals surface area contributed by atoms with E-state index in [4.69, 9.17) is 9.47 Å². The van der Waals surface area contributed by atoms with E-state index in [-0.39, 0.29) is 17.9 Å². The van der Waals surface area contributed by atoms with E-state index in [9.17, 15) is 9.59 Å². The van der Waals surface area contributed by atoms with Crippen molar-refractivity contribution in [1.29, 1.82) is 0 Å². The number of carbonyl (C=O) groups is 2. The van der Waals surface area contributed by atoms with Gasteiger partial charge < -0.3 is 18.9 Å². The fraction of sp³-hybridized carbons (Fsp3) is 0.400. The Bertz CT molecular complexity index is 776. The monoisotopic (exact) mass is 356 g/mol. The van der Waals surface area contributed by atoms with Crippen LogP contribution in [0.3, 0.4) is 0 Å². The highest BCUT2D eigenvalue weighted by atomic mass is 16.5. The summed E-state index contributed by atoms with van der Waals surface area (Å²) in [5, 5.41) is 0. The molecule has 0 bridgehead atoms. The molecule has 1 amide bonds. The van der Waals surface area contributed by atoms with Crippen molar-refractivity contribution in [3.8, 4) is 5.75 Å². The van der Waals surface area contributed by atoms with Gasteiger partial charge in [0, 0.05) is 25.3 Å². The number of aromatic nitrogens is 1. The van der Waals surface area contributed by atoms with Crippen molar-refractivity contribution in [2.75, 3.05) is 26.8 Å². The summed E-state index contributed by atoms with van der Waals surface area (Å²) in [6.07, 6.45) is 3.49. The number of likely N-dealkylation sites (tertiary alicyclic amines) is 1. The zero-order valence-electron chi connectivity index (χ0n) is 15.2. The summed E-state index contributed by atoms with van der Waals surface area (Å²) in [7, 11) is 1.39. The van der Waals surface area contributed by atoms with Crippen LogP contribution in [0.4, 0.5) is 0 Å². The standard InChI is InChI=1S/C20H24N2O4/c1-3-26-18-9-5-4-7-16(18)19(23)21-13-10-15(11-14-21)22-12-6-8-17(22)20(24)25-2/h4-9,12,15H,3,10-11,13-14H2,1-2H3. The van der Waals surface area contributed by atoms with E-state index in [0.717, 1.165) is 12.8 Å². The predicted octanol–water partition coefficient (Wildman–Crippen LogP) is 3.15. The lowest BCUT2D eigenvalue weighted by atomic mass is 10.0. The summed E-state index contributed by atoms with van der Waals surface area (Å²) in [5.74, 6) is 0.285. The number of carbonyl (C=O) groups excluding carboxylic acids is 2. The first-order valence-electron chi connectivity index (χ1n) is 8.92. The molecule has 2 heterocycles. The lowest BCUT2D eigenvalue weighted by Gasteiger charge is -2.33. The Morgan fingerprint density at radius 3 is 2.54 bits per heavy atom. The average molecular weight is 356 g/mol. The number of benzene rings is 1. The van der Waals surface area contributed by atoms with Crippen LogP contribution in [0.25, 0.3) is 0 Å². The Hall–Kier alpha value is -2.76. The molecule has 0 unspecified atom stereocenters. The van der Waals surface area contributed by atoms with Crippen LogP contribution in [0.5, 0.6) is 5.75 Å². The maximum absolute atomic E-state index is 12.9. The molecule has 1 fully saturated rings. The first-order chi connectivity index (χ1) is 12.7. The topological polar surface area (TPSA) is 60.8 Å². The Labute approximate surface area is 153 Å². The number of nitrogens with zero attached hydrogens (tertiary/aromatic N) is 2. The van der Waals surface area contributed by atoms with Gasteiger partial charge in [0.1, 0.15) is 11.4 Å². The number of amides is 1. The number of hydrogen-bond donors (Lipinski definition) is 0. The van der Waals surface area contributed by atoms with Crippen LogP contribution < -0.4 is 4.74 Å². The third kappa shape index (κ3) is 3.59. The summed E-state index contributed by atoms with van der Waals surface area (Å²) in [6, 6.07) is 11.2. The first-order valence-corrected chi connectivity index (χ1v) is 8.92. The number of ether oxygens (including phenoxy) is 2. The fourth-order valence-electron chi connectivity index (χ4n) is 3.43. The van der Waals surface area contributed by atoms with Crippen LogP contribution in [0.1, 0.15) is 46.7 Å². The third-order valence-corrected chi connectivity index (χ3v) is 4.74. The zero-order valence-corrected chi connectivity index (χ0v) is 15.2. The van der Waals surface area contributed by atoms with E-state index in [1.807, 2.05) is 46.9 Å². The Balaban J connectivity index is 1.68. The number of piperidine rings is 1. The molecule has 3 rings (SSSR count). The van der Waals surface area contributed by atoms with Crippen LogP contribution in [0, 0.1) is 0 Å². The van der Waals surface area contributed by atoms with E-state index >= 15 is 0 Å². The average Bonchev–Trinajstić information content (AvgIpc) is 3.17. The third-order valence-electron chi connectivity index (χ3n) is 4.74. The minimum absolute atomic E-state index is 0.00630. The van der Waals surface area contributed by atoms with Gasteiger partial charge >= 0.3 is 5.97 Å². The maximum Gasteiger partial charge on any atom is 0.354 e. The molecule has 1 aromatic carbocycles. The molecular weight excluding hydrogens is 332 g/mol. The van der Waals surface area contributed by atoms with Crippen LogP contribution in [0.15, 0.2) is 42.6 Å². The summed E-state index contributed by atoms with van der Waals surface area (Å²) >= 11 is 0. The molecule has 0 saturated carbocycles. The molecule has 0 atom stereocenters. The van der Waals surface area contributed by atoms with Crippen molar-refractivity contribution < 1.29 is 19.1 Å². The smallest absolute Gasteiger partial charge is 0.354 e. The molecule has 2 aromatic rings. The van der Waals surface area contributed by atoms with Crippen molar-refractivity contribution in [3.63, 3.8) is 0 Å². The summed E-state index contributed by atoms with van der Waals surface area (Å²) in [4.78, 5) is 26.6. The molecule has 1 aromatic heterocycles. The van der Waals surface area contributed by atoms with Crippen molar-refractivity contribution >= 4 is 11.9 Å². The lowest BCUT2D eigenvalue weighted by Crippen LogP contribution is -2.39. The van der Waals surface area contributed by atoms with Crippen molar-refractivity contribution in [2.45, 2.75) is 25.8 Å².